The first-order chi connectivity index (χ1) is 8.65. The molecule has 0 spiro atoms. The first kappa shape index (κ1) is 12.6. The number of halogens is 1. The van der Waals surface area contributed by atoms with Gasteiger partial charge in [0.15, 0.2) is 5.78 Å². The Morgan fingerprint density at radius 3 is 2.22 bits per heavy atom. The molecular formula is C16H13ClO. The van der Waals surface area contributed by atoms with Crippen molar-refractivity contribution >= 4 is 23.5 Å². The van der Waals surface area contributed by atoms with Gasteiger partial charge in [-0.15, -0.1) is 0 Å². The molecule has 0 aliphatic carbocycles. The Morgan fingerprint density at radius 1 is 1.00 bits per heavy atom. The number of carbonyl (C=O) groups excluding carboxylic acids is 1. The summed E-state index contributed by atoms with van der Waals surface area (Å²) in [5.41, 5.74) is 2.86. The van der Waals surface area contributed by atoms with Crippen LogP contribution in [-0.4, -0.2) is 5.78 Å². The molecule has 18 heavy (non-hydrogen) atoms. The minimum Gasteiger partial charge on any atom is -0.289 e. The molecule has 0 atom stereocenters. The van der Waals surface area contributed by atoms with E-state index < -0.39 is 0 Å². The number of rotatable bonds is 3. The molecule has 0 aromatic heterocycles. The van der Waals surface area contributed by atoms with Crippen molar-refractivity contribution in [2.75, 3.05) is 0 Å². The average molecular weight is 257 g/mol. The molecule has 0 saturated heterocycles. The molecule has 0 aliphatic heterocycles. The second-order valence-corrected chi connectivity index (χ2v) is 4.55. The highest BCUT2D eigenvalue weighted by Gasteiger charge is 2.00. The van der Waals surface area contributed by atoms with Crippen molar-refractivity contribution in [3.05, 3.63) is 76.3 Å². The highest BCUT2D eigenvalue weighted by Crippen LogP contribution is 2.11. The predicted octanol–water partition coefficient (Wildman–Crippen LogP) is 4.54. The zero-order valence-corrected chi connectivity index (χ0v) is 10.8. The van der Waals surface area contributed by atoms with Gasteiger partial charge in [-0.3, -0.25) is 4.79 Å². The number of allylic oxidation sites excluding steroid dienone is 1. The van der Waals surface area contributed by atoms with Crippen LogP contribution >= 0.6 is 11.6 Å². The fourth-order valence-corrected chi connectivity index (χ4v) is 1.69. The molecule has 2 aromatic carbocycles. The summed E-state index contributed by atoms with van der Waals surface area (Å²) in [6.07, 6.45) is 3.39. The third kappa shape index (κ3) is 3.31. The van der Waals surface area contributed by atoms with E-state index >= 15 is 0 Å². The Hall–Kier alpha value is -1.86. The molecule has 0 aliphatic rings. The molecule has 0 unspecified atom stereocenters. The second kappa shape index (κ2) is 5.65. The third-order valence-electron chi connectivity index (χ3n) is 2.63. The summed E-state index contributed by atoms with van der Waals surface area (Å²) >= 11 is 5.77. The molecule has 0 heterocycles. The fourth-order valence-electron chi connectivity index (χ4n) is 1.56. The minimum absolute atomic E-state index is 0.0211. The first-order valence-electron chi connectivity index (χ1n) is 5.70. The van der Waals surface area contributed by atoms with Gasteiger partial charge in [0.2, 0.25) is 0 Å². The Labute approximate surface area is 112 Å². The number of hydrogen-bond acceptors (Lipinski definition) is 1. The Balaban J connectivity index is 2.11. The molecule has 0 fully saturated rings. The molecule has 0 amide bonds. The molecule has 2 rings (SSSR count). The minimum atomic E-state index is -0.0211. The summed E-state index contributed by atoms with van der Waals surface area (Å²) in [7, 11) is 0. The summed E-state index contributed by atoms with van der Waals surface area (Å²) in [6.45, 7) is 2.03. The van der Waals surface area contributed by atoms with Crippen LogP contribution in [0.5, 0.6) is 0 Å². The van der Waals surface area contributed by atoms with Crippen LogP contribution in [0.1, 0.15) is 21.5 Å². The summed E-state index contributed by atoms with van der Waals surface area (Å²) in [5.74, 6) is -0.0211. The Morgan fingerprint density at radius 2 is 1.61 bits per heavy atom. The highest BCUT2D eigenvalue weighted by atomic mass is 35.5. The summed E-state index contributed by atoms with van der Waals surface area (Å²) < 4.78 is 0. The molecule has 90 valence electrons. The number of carbonyl (C=O) groups is 1. The topological polar surface area (TPSA) is 17.1 Å². The third-order valence-corrected chi connectivity index (χ3v) is 2.89. The van der Waals surface area contributed by atoms with E-state index in [-0.39, 0.29) is 5.78 Å². The van der Waals surface area contributed by atoms with Gasteiger partial charge in [-0.1, -0.05) is 47.5 Å². The fraction of sp³-hybridized carbons (Fsp3) is 0.0625. The standard InChI is InChI=1S/C16H13ClO/c1-12-2-4-13(5-3-12)6-11-16(18)14-7-9-15(17)10-8-14/h2-11H,1H3. The van der Waals surface area contributed by atoms with Gasteiger partial charge < -0.3 is 0 Å². The molecular weight excluding hydrogens is 244 g/mol. The van der Waals surface area contributed by atoms with Crippen LogP contribution in [0.4, 0.5) is 0 Å². The van der Waals surface area contributed by atoms with E-state index in [9.17, 15) is 4.79 Å². The largest absolute Gasteiger partial charge is 0.289 e. The van der Waals surface area contributed by atoms with Crippen molar-refractivity contribution in [3.63, 3.8) is 0 Å². The van der Waals surface area contributed by atoms with Crippen LogP contribution < -0.4 is 0 Å². The summed E-state index contributed by atoms with van der Waals surface area (Å²) in [4.78, 5) is 11.9. The van der Waals surface area contributed by atoms with Gasteiger partial charge in [0, 0.05) is 10.6 Å². The van der Waals surface area contributed by atoms with E-state index in [0.717, 1.165) is 5.56 Å². The van der Waals surface area contributed by atoms with Gasteiger partial charge in [-0.05, 0) is 42.8 Å². The maximum Gasteiger partial charge on any atom is 0.185 e. The van der Waals surface area contributed by atoms with Crippen molar-refractivity contribution < 1.29 is 4.79 Å². The average Bonchev–Trinajstić information content (AvgIpc) is 2.38. The molecule has 2 heteroatoms. The lowest BCUT2D eigenvalue weighted by atomic mass is 10.1. The normalized spacial score (nSPS) is 10.8. The maximum absolute atomic E-state index is 11.9. The van der Waals surface area contributed by atoms with Crippen LogP contribution in [0, 0.1) is 6.92 Å². The SMILES string of the molecule is Cc1ccc(C=CC(=O)c2ccc(Cl)cc2)cc1. The van der Waals surface area contributed by atoms with Crippen molar-refractivity contribution in [3.8, 4) is 0 Å². The summed E-state index contributed by atoms with van der Waals surface area (Å²) in [5, 5.41) is 0.633. The van der Waals surface area contributed by atoms with Crippen molar-refractivity contribution in [2.24, 2.45) is 0 Å². The Bertz CT molecular complexity index is 565. The Kier molecular flexibility index (Phi) is 3.96. The molecule has 0 saturated carbocycles. The highest BCUT2D eigenvalue weighted by molar-refractivity contribution is 6.30. The smallest absolute Gasteiger partial charge is 0.185 e. The van der Waals surface area contributed by atoms with Crippen LogP contribution in [-0.2, 0) is 0 Å². The lowest BCUT2D eigenvalue weighted by molar-refractivity contribution is 0.104. The van der Waals surface area contributed by atoms with E-state index in [0.29, 0.717) is 10.6 Å². The van der Waals surface area contributed by atoms with Crippen molar-refractivity contribution in [1.29, 1.82) is 0 Å². The van der Waals surface area contributed by atoms with E-state index in [1.807, 2.05) is 37.3 Å². The van der Waals surface area contributed by atoms with Gasteiger partial charge in [-0.25, -0.2) is 0 Å². The second-order valence-electron chi connectivity index (χ2n) is 4.12. The van der Waals surface area contributed by atoms with Crippen LogP contribution in [0.25, 0.3) is 6.08 Å². The number of aryl methyl sites for hydroxylation is 1. The first-order valence-corrected chi connectivity index (χ1v) is 6.07. The number of ketones is 1. The van der Waals surface area contributed by atoms with Gasteiger partial charge in [0.05, 0.1) is 0 Å². The van der Waals surface area contributed by atoms with Gasteiger partial charge in [0.25, 0.3) is 0 Å². The monoisotopic (exact) mass is 256 g/mol. The zero-order chi connectivity index (χ0) is 13.0. The van der Waals surface area contributed by atoms with Gasteiger partial charge in [-0.2, -0.15) is 0 Å². The molecule has 0 bridgehead atoms. The van der Waals surface area contributed by atoms with Crippen LogP contribution in [0.2, 0.25) is 5.02 Å². The van der Waals surface area contributed by atoms with Crippen LogP contribution in [0.3, 0.4) is 0 Å². The zero-order valence-electron chi connectivity index (χ0n) is 10.1. The lowest BCUT2D eigenvalue weighted by Gasteiger charge is -1.97. The van der Waals surface area contributed by atoms with Crippen LogP contribution in [0.15, 0.2) is 54.6 Å². The summed E-state index contributed by atoms with van der Waals surface area (Å²) in [6, 6.07) is 14.9. The predicted molar refractivity (Wildman–Crippen MR) is 76.0 cm³/mol. The molecule has 0 radical (unpaired) electrons. The maximum atomic E-state index is 11.9. The quantitative estimate of drug-likeness (QED) is 0.582. The van der Waals surface area contributed by atoms with Crippen molar-refractivity contribution in [2.45, 2.75) is 6.92 Å². The molecule has 0 N–H and O–H groups in total. The number of benzene rings is 2. The van der Waals surface area contributed by atoms with E-state index in [1.165, 1.54) is 5.56 Å². The van der Waals surface area contributed by atoms with E-state index in [1.54, 1.807) is 30.3 Å². The lowest BCUT2D eigenvalue weighted by Crippen LogP contribution is -1.92. The van der Waals surface area contributed by atoms with Crippen molar-refractivity contribution in [1.82, 2.24) is 0 Å². The van der Waals surface area contributed by atoms with E-state index in [4.69, 9.17) is 11.6 Å². The molecule has 2 aromatic rings. The molecule has 1 nitrogen and oxygen atoms in total. The van der Waals surface area contributed by atoms with Gasteiger partial charge in [0.1, 0.15) is 0 Å². The number of hydrogen-bond donors (Lipinski definition) is 0. The van der Waals surface area contributed by atoms with E-state index in [2.05, 4.69) is 0 Å². The van der Waals surface area contributed by atoms with Gasteiger partial charge >= 0.3 is 0 Å².